The van der Waals surface area contributed by atoms with Crippen LogP contribution in [-0.2, 0) is 9.53 Å². The lowest BCUT2D eigenvalue weighted by Crippen LogP contribution is -2.52. The van der Waals surface area contributed by atoms with Gasteiger partial charge in [0, 0.05) is 11.5 Å². The van der Waals surface area contributed by atoms with Gasteiger partial charge in [0.2, 0.25) is 0 Å². The molecule has 0 aromatic heterocycles. The predicted octanol–water partition coefficient (Wildman–Crippen LogP) is 5.48. The zero-order valence-electron chi connectivity index (χ0n) is 17.2. The molecular weight excluding hydrogens is 332 g/mol. The minimum absolute atomic E-state index is 0.199. The molecule has 0 saturated heterocycles. The van der Waals surface area contributed by atoms with E-state index in [9.17, 15) is 4.79 Å². The third-order valence-corrected chi connectivity index (χ3v) is 11.0. The molecule has 2 heteroatoms. The van der Waals surface area contributed by atoms with Crippen LogP contribution in [0.1, 0.15) is 65.2 Å². The van der Waals surface area contributed by atoms with Crippen LogP contribution in [-0.4, -0.2) is 12.6 Å². The Balaban J connectivity index is 1.40. The van der Waals surface area contributed by atoms with Crippen molar-refractivity contribution in [3.05, 3.63) is 12.7 Å². The van der Waals surface area contributed by atoms with E-state index in [1.807, 2.05) is 0 Å². The molecule has 27 heavy (non-hydrogen) atoms. The molecule has 148 valence electrons. The zero-order chi connectivity index (χ0) is 18.6. The number of hydrogen-bond donors (Lipinski definition) is 0. The highest BCUT2D eigenvalue weighted by Gasteiger charge is 2.78. The second-order valence-corrected chi connectivity index (χ2v) is 11.7. The standard InChI is InChI=1S/C25H36O2/c1-4-8-24(3)11-16-10-18(24)23-21(16)17-12-25(23,13-27-19(26)5-2)22-15-7-6-14(9-15)20(17)22/h5,14-18,20-23H,2,4,6-13H2,1,3H3. The third-order valence-electron chi connectivity index (χ3n) is 11.0. The van der Waals surface area contributed by atoms with Crippen LogP contribution in [0, 0.1) is 64.1 Å². The van der Waals surface area contributed by atoms with Crippen molar-refractivity contribution in [2.45, 2.75) is 65.2 Å². The molecule has 0 heterocycles. The maximum Gasteiger partial charge on any atom is 0.330 e. The Morgan fingerprint density at radius 3 is 2.67 bits per heavy atom. The first kappa shape index (κ1) is 17.1. The molecule has 2 nitrogen and oxygen atoms in total. The second-order valence-electron chi connectivity index (χ2n) is 11.7. The highest BCUT2D eigenvalue weighted by atomic mass is 16.5. The SMILES string of the molecule is C=CC(=O)OCC12CC(C3C4CCC(C4)C31)C1C3CC(C12)C(C)(CCC)C3. The summed E-state index contributed by atoms with van der Waals surface area (Å²) in [5.74, 6) is 8.20. The number of carbonyl (C=O) groups is 1. The van der Waals surface area contributed by atoms with Crippen molar-refractivity contribution in [2.24, 2.45) is 64.1 Å². The summed E-state index contributed by atoms with van der Waals surface area (Å²) in [6.45, 7) is 9.31. The van der Waals surface area contributed by atoms with E-state index < -0.39 is 0 Å². The van der Waals surface area contributed by atoms with E-state index in [2.05, 4.69) is 20.4 Å². The van der Waals surface area contributed by atoms with E-state index in [-0.39, 0.29) is 5.97 Å². The average molecular weight is 369 g/mol. The maximum absolute atomic E-state index is 12.0. The first-order valence-corrected chi connectivity index (χ1v) is 11.8. The van der Waals surface area contributed by atoms with Gasteiger partial charge in [-0.2, -0.15) is 0 Å². The smallest absolute Gasteiger partial charge is 0.330 e. The molecule has 0 aromatic rings. The largest absolute Gasteiger partial charge is 0.462 e. The van der Waals surface area contributed by atoms with Gasteiger partial charge in [0.25, 0.3) is 0 Å². The summed E-state index contributed by atoms with van der Waals surface area (Å²) in [6.07, 6.45) is 12.9. The van der Waals surface area contributed by atoms with Crippen molar-refractivity contribution in [3.8, 4) is 0 Å². The Morgan fingerprint density at radius 2 is 1.89 bits per heavy atom. The zero-order valence-corrected chi connectivity index (χ0v) is 17.2. The van der Waals surface area contributed by atoms with E-state index in [1.165, 1.54) is 57.4 Å². The number of fused-ring (bicyclic) bond motifs is 16. The van der Waals surface area contributed by atoms with Crippen molar-refractivity contribution in [2.75, 3.05) is 6.61 Å². The fourth-order valence-corrected chi connectivity index (χ4v) is 10.9. The van der Waals surface area contributed by atoms with Gasteiger partial charge in [0.1, 0.15) is 0 Å². The molecule has 11 unspecified atom stereocenters. The van der Waals surface area contributed by atoms with Crippen LogP contribution in [0.3, 0.4) is 0 Å². The van der Waals surface area contributed by atoms with Crippen LogP contribution in [0.2, 0.25) is 0 Å². The summed E-state index contributed by atoms with van der Waals surface area (Å²) >= 11 is 0. The summed E-state index contributed by atoms with van der Waals surface area (Å²) < 4.78 is 5.90. The Kier molecular flexibility index (Phi) is 3.43. The van der Waals surface area contributed by atoms with E-state index in [0.29, 0.717) is 17.4 Å². The molecule has 0 aromatic carbocycles. The van der Waals surface area contributed by atoms with Crippen molar-refractivity contribution >= 4 is 5.97 Å². The van der Waals surface area contributed by atoms with Gasteiger partial charge in [-0.1, -0.05) is 26.8 Å². The molecule has 0 aliphatic heterocycles. The van der Waals surface area contributed by atoms with E-state index in [0.717, 1.165) is 53.3 Å². The fraction of sp³-hybridized carbons (Fsp3) is 0.880. The van der Waals surface area contributed by atoms with Gasteiger partial charge < -0.3 is 4.74 Å². The van der Waals surface area contributed by atoms with Gasteiger partial charge in [-0.3, -0.25) is 0 Å². The number of esters is 1. The molecule has 6 rings (SSSR count). The van der Waals surface area contributed by atoms with Crippen LogP contribution in [0.25, 0.3) is 0 Å². The monoisotopic (exact) mass is 368 g/mol. The average Bonchev–Trinajstić information content (AvgIpc) is 3.44. The van der Waals surface area contributed by atoms with Gasteiger partial charge in [-0.25, -0.2) is 4.79 Å². The van der Waals surface area contributed by atoms with Crippen molar-refractivity contribution in [1.82, 2.24) is 0 Å². The minimum atomic E-state index is -0.199. The molecule has 6 saturated carbocycles. The normalized spacial score (nSPS) is 58.5. The lowest BCUT2D eigenvalue weighted by Gasteiger charge is -2.54. The predicted molar refractivity (Wildman–Crippen MR) is 106 cm³/mol. The number of rotatable bonds is 5. The van der Waals surface area contributed by atoms with Gasteiger partial charge >= 0.3 is 5.97 Å². The number of carbonyl (C=O) groups excluding carboxylic acids is 1. The summed E-state index contributed by atoms with van der Waals surface area (Å²) in [6, 6.07) is 0. The van der Waals surface area contributed by atoms with Crippen LogP contribution in [0.5, 0.6) is 0 Å². The molecule has 11 atom stereocenters. The number of ether oxygens (including phenoxy) is 1. The topological polar surface area (TPSA) is 26.3 Å². The Hall–Kier alpha value is -0.790. The van der Waals surface area contributed by atoms with E-state index in [4.69, 9.17) is 4.74 Å². The molecular formula is C25H36O2. The lowest BCUT2D eigenvalue weighted by molar-refractivity contribution is -0.150. The van der Waals surface area contributed by atoms with Crippen LogP contribution in [0.4, 0.5) is 0 Å². The van der Waals surface area contributed by atoms with Gasteiger partial charge in [-0.05, 0) is 104 Å². The van der Waals surface area contributed by atoms with E-state index >= 15 is 0 Å². The highest BCUT2D eigenvalue weighted by molar-refractivity contribution is 5.81. The first-order valence-electron chi connectivity index (χ1n) is 11.8. The third kappa shape index (κ3) is 1.92. The van der Waals surface area contributed by atoms with Crippen molar-refractivity contribution < 1.29 is 9.53 Å². The quantitative estimate of drug-likeness (QED) is 0.365. The summed E-state index contributed by atoms with van der Waals surface area (Å²) in [5.41, 5.74) is 0.862. The Bertz CT molecular complexity index is 684. The molecule has 6 aliphatic carbocycles. The molecule has 0 radical (unpaired) electrons. The van der Waals surface area contributed by atoms with Crippen molar-refractivity contribution in [3.63, 3.8) is 0 Å². The molecule has 6 bridgehead atoms. The molecule has 0 N–H and O–H groups in total. The van der Waals surface area contributed by atoms with Gasteiger partial charge in [0.15, 0.2) is 0 Å². The minimum Gasteiger partial charge on any atom is -0.462 e. The molecule has 6 fully saturated rings. The molecule has 6 aliphatic rings. The lowest BCUT2D eigenvalue weighted by atomic mass is 9.50. The van der Waals surface area contributed by atoms with Crippen LogP contribution >= 0.6 is 0 Å². The fourth-order valence-electron chi connectivity index (χ4n) is 10.9. The highest BCUT2D eigenvalue weighted by Crippen LogP contribution is 2.83. The Labute approximate surface area is 164 Å². The summed E-state index contributed by atoms with van der Waals surface area (Å²) in [4.78, 5) is 12.0. The van der Waals surface area contributed by atoms with Gasteiger partial charge in [0.05, 0.1) is 6.61 Å². The number of hydrogen-bond acceptors (Lipinski definition) is 2. The van der Waals surface area contributed by atoms with Crippen LogP contribution < -0.4 is 0 Å². The van der Waals surface area contributed by atoms with Crippen LogP contribution in [0.15, 0.2) is 12.7 Å². The maximum atomic E-state index is 12.0. The molecule has 0 amide bonds. The summed E-state index contributed by atoms with van der Waals surface area (Å²) in [7, 11) is 0. The van der Waals surface area contributed by atoms with Crippen molar-refractivity contribution in [1.29, 1.82) is 0 Å². The Morgan fingerprint density at radius 1 is 1.11 bits per heavy atom. The van der Waals surface area contributed by atoms with Gasteiger partial charge in [-0.15, -0.1) is 0 Å². The summed E-state index contributed by atoms with van der Waals surface area (Å²) in [5, 5.41) is 0. The molecule has 0 spiro atoms. The second kappa shape index (κ2) is 5.42. The van der Waals surface area contributed by atoms with E-state index in [1.54, 1.807) is 0 Å². The first-order chi connectivity index (χ1) is 13.0.